The average molecular weight is 362 g/mol. The van der Waals surface area contributed by atoms with Gasteiger partial charge in [0.25, 0.3) is 0 Å². The van der Waals surface area contributed by atoms with Crippen LogP contribution in [0.1, 0.15) is 0 Å². The first-order valence-corrected chi connectivity index (χ1v) is 6.76. The zero-order valence-electron chi connectivity index (χ0n) is 9.71. The van der Waals surface area contributed by atoms with Crippen molar-refractivity contribution in [2.24, 2.45) is 0 Å². The molecule has 0 aromatic heterocycles. The van der Waals surface area contributed by atoms with Gasteiger partial charge in [-0.1, -0.05) is 6.07 Å². The number of rotatable bonds is 3. The summed E-state index contributed by atoms with van der Waals surface area (Å²) in [5.74, 6) is -0.140. The van der Waals surface area contributed by atoms with Gasteiger partial charge >= 0.3 is 0 Å². The fourth-order valence-electron chi connectivity index (χ4n) is 1.95. The van der Waals surface area contributed by atoms with Crippen LogP contribution in [0.4, 0.5) is 5.69 Å². The van der Waals surface area contributed by atoms with Gasteiger partial charge in [0, 0.05) is 22.3 Å². The van der Waals surface area contributed by atoms with Crippen LogP contribution in [-0.4, -0.2) is 52.9 Å². The Hall–Kier alpha value is -0.700. The predicted octanol–water partition coefficient (Wildman–Crippen LogP) is 0.267. The van der Waals surface area contributed by atoms with Gasteiger partial charge in [0.15, 0.2) is 0 Å². The molecule has 0 bridgehead atoms. The second-order valence-electron chi connectivity index (χ2n) is 4.39. The van der Waals surface area contributed by atoms with Crippen molar-refractivity contribution >= 4 is 34.2 Å². The van der Waals surface area contributed by atoms with Crippen molar-refractivity contribution in [2.45, 2.75) is 12.2 Å². The molecule has 1 fully saturated rings. The molecule has 0 radical (unpaired) electrons. The molecule has 1 aromatic carbocycles. The van der Waals surface area contributed by atoms with Crippen molar-refractivity contribution < 1.29 is 15.0 Å². The van der Waals surface area contributed by atoms with Gasteiger partial charge in [-0.25, -0.2) is 0 Å². The van der Waals surface area contributed by atoms with Gasteiger partial charge in [-0.05, 0) is 40.8 Å². The topological polar surface area (TPSA) is 72.8 Å². The van der Waals surface area contributed by atoms with Crippen molar-refractivity contribution in [3.63, 3.8) is 0 Å². The highest BCUT2D eigenvalue weighted by Crippen LogP contribution is 2.13. The Labute approximate surface area is 119 Å². The Morgan fingerprint density at radius 3 is 2.67 bits per heavy atom. The summed E-state index contributed by atoms with van der Waals surface area (Å²) in [6.07, 6.45) is -1.51. The number of hydrogen-bond acceptors (Lipinski definition) is 4. The molecule has 0 aliphatic carbocycles. The molecule has 1 saturated heterocycles. The lowest BCUT2D eigenvalue weighted by molar-refractivity contribution is -0.117. The molecule has 2 rings (SSSR count). The molecular weight excluding hydrogens is 347 g/mol. The van der Waals surface area contributed by atoms with E-state index < -0.39 is 12.2 Å². The number of β-amino-alcohol motifs (C(OH)–C–C–N with tert-alkyl or cyclic N) is 2. The molecule has 6 heteroatoms. The molecule has 1 heterocycles. The van der Waals surface area contributed by atoms with Crippen molar-refractivity contribution in [3.8, 4) is 0 Å². The number of carbonyl (C=O) groups is 1. The number of nitrogens with one attached hydrogen (secondary N) is 1. The molecule has 3 N–H and O–H groups in total. The van der Waals surface area contributed by atoms with Gasteiger partial charge < -0.3 is 15.5 Å². The van der Waals surface area contributed by atoms with Gasteiger partial charge in [-0.15, -0.1) is 0 Å². The minimum absolute atomic E-state index is 0.140. The number of benzene rings is 1. The molecule has 2 atom stereocenters. The number of halogens is 1. The van der Waals surface area contributed by atoms with Crippen LogP contribution in [0.2, 0.25) is 0 Å². The summed E-state index contributed by atoms with van der Waals surface area (Å²) in [6.45, 7) is 0.849. The van der Waals surface area contributed by atoms with E-state index in [0.717, 1.165) is 9.26 Å². The fourth-order valence-corrected chi connectivity index (χ4v) is 2.49. The third kappa shape index (κ3) is 3.64. The van der Waals surface area contributed by atoms with Crippen LogP contribution in [0.25, 0.3) is 0 Å². The summed E-state index contributed by atoms with van der Waals surface area (Å²) in [5.41, 5.74) is 0.757. The molecule has 98 valence electrons. The van der Waals surface area contributed by atoms with Gasteiger partial charge in [0.2, 0.25) is 5.91 Å². The normalized spacial score (nSPS) is 24.2. The summed E-state index contributed by atoms with van der Waals surface area (Å²) in [4.78, 5) is 13.5. The number of amides is 1. The van der Waals surface area contributed by atoms with Crippen molar-refractivity contribution in [3.05, 3.63) is 27.8 Å². The summed E-state index contributed by atoms with van der Waals surface area (Å²) in [6, 6.07) is 7.53. The van der Waals surface area contributed by atoms with Crippen LogP contribution in [-0.2, 0) is 4.79 Å². The average Bonchev–Trinajstić information content (AvgIpc) is 2.57. The molecule has 18 heavy (non-hydrogen) atoms. The summed E-state index contributed by atoms with van der Waals surface area (Å²) >= 11 is 2.18. The SMILES string of the molecule is O=C(CN1C[C@@H](O)[C@@H](O)C1)Nc1cccc(I)c1. The van der Waals surface area contributed by atoms with E-state index in [1.165, 1.54) is 0 Å². The van der Waals surface area contributed by atoms with E-state index in [2.05, 4.69) is 27.9 Å². The second-order valence-corrected chi connectivity index (χ2v) is 5.63. The van der Waals surface area contributed by atoms with E-state index in [1.807, 2.05) is 24.3 Å². The Kier molecular flexibility index (Phi) is 4.55. The number of nitrogens with zero attached hydrogens (tertiary/aromatic N) is 1. The van der Waals surface area contributed by atoms with Crippen LogP contribution in [0, 0.1) is 3.57 Å². The molecule has 1 aliphatic heterocycles. The van der Waals surface area contributed by atoms with Crippen LogP contribution in [0.5, 0.6) is 0 Å². The molecule has 1 aliphatic rings. The molecule has 0 spiro atoms. The summed E-state index contributed by atoms with van der Waals surface area (Å²) < 4.78 is 1.05. The third-order valence-electron chi connectivity index (χ3n) is 2.81. The van der Waals surface area contributed by atoms with E-state index in [1.54, 1.807) is 4.90 Å². The Morgan fingerprint density at radius 2 is 2.06 bits per heavy atom. The van der Waals surface area contributed by atoms with Crippen molar-refractivity contribution in [1.82, 2.24) is 4.90 Å². The summed E-state index contributed by atoms with van der Waals surface area (Å²) in [5, 5.41) is 21.6. The smallest absolute Gasteiger partial charge is 0.238 e. The minimum Gasteiger partial charge on any atom is -0.389 e. The van der Waals surface area contributed by atoms with Crippen LogP contribution in [0.3, 0.4) is 0 Å². The van der Waals surface area contributed by atoms with E-state index in [0.29, 0.717) is 13.1 Å². The molecule has 5 nitrogen and oxygen atoms in total. The number of carbonyl (C=O) groups excluding carboxylic acids is 1. The van der Waals surface area contributed by atoms with E-state index in [-0.39, 0.29) is 12.5 Å². The van der Waals surface area contributed by atoms with Gasteiger partial charge in [0.05, 0.1) is 18.8 Å². The van der Waals surface area contributed by atoms with Crippen molar-refractivity contribution in [2.75, 3.05) is 25.0 Å². The lowest BCUT2D eigenvalue weighted by atomic mass is 10.3. The van der Waals surface area contributed by atoms with Crippen LogP contribution < -0.4 is 5.32 Å². The molecule has 0 saturated carbocycles. The number of aliphatic hydroxyl groups is 2. The van der Waals surface area contributed by atoms with Crippen molar-refractivity contribution in [1.29, 1.82) is 0 Å². The number of likely N-dealkylation sites (tertiary alicyclic amines) is 1. The maximum atomic E-state index is 11.8. The Balaban J connectivity index is 1.86. The number of aliphatic hydroxyl groups excluding tert-OH is 2. The van der Waals surface area contributed by atoms with Crippen LogP contribution in [0.15, 0.2) is 24.3 Å². The maximum Gasteiger partial charge on any atom is 0.238 e. The maximum absolute atomic E-state index is 11.8. The minimum atomic E-state index is -0.754. The zero-order valence-corrected chi connectivity index (χ0v) is 11.9. The highest BCUT2D eigenvalue weighted by molar-refractivity contribution is 14.1. The Bertz CT molecular complexity index is 431. The van der Waals surface area contributed by atoms with E-state index in [4.69, 9.17) is 0 Å². The van der Waals surface area contributed by atoms with Crippen LogP contribution >= 0.6 is 22.6 Å². The fraction of sp³-hybridized carbons (Fsp3) is 0.417. The zero-order chi connectivity index (χ0) is 13.1. The van der Waals surface area contributed by atoms with E-state index in [9.17, 15) is 15.0 Å². The first-order valence-electron chi connectivity index (χ1n) is 5.68. The van der Waals surface area contributed by atoms with Gasteiger partial charge in [-0.2, -0.15) is 0 Å². The monoisotopic (exact) mass is 362 g/mol. The summed E-state index contributed by atoms with van der Waals surface area (Å²) in [7, 11) is 0. The molecular formula is C12H15IN2O3. The van der Waals surface area contributed by atoms with E-state index >= 15 is 0 Å². The predicted molar refractivity (Wildman–Crippen MR) is 76.2 cm³/mol. The molecule has 1 aromatic rings. The molecule has 0 unspecified atom stereocenters. The highest BCUT2D eigenvalue weighted by Gasteiger charge is 2.30. The first-order chi connectivity index (χ1) is 8.54. The first kappa shape index (κ1) is 13.7. The second kappa shape index (κ2) is 5.96. The highest BCUT2D eigenvalue weighted by atomic mass is 127. The number of hydrogen-bond donors (Lipinski definition) is 3. The lowest BCUT2D eigenvalue weighted by Gasteiger charge is -2.14. The quantitative estimate of drug-likeness (QED) is 0.675. The largest absolute Gasteiger partial charge is 0.389 e. The van der Waals surface area contributed by atoms with Gasteiger partial charge in [-0.3, -0.25) is 9.69 Å². The standard InChI is InChI=1S/C12H15IN2O3/c13-8-2-1-3-9(4-8)14-12(18)7-15-5-10(16)11(17)6-15/h1-4,10-11,16-17H,5-7H2,(H,14,18)/t10-,11+. The Morgan fingerprint density at radius 1 is 1.39 bits per heavy atom. The van der Waals surface area contributed by atoms with Gasteiger partial charge in [0.1, 0.15) is 0 Å². The molecule has 1 amide bonds. The number of anilines is 1. The third-order valence-corrected chi connectivity index (χ3v) is 3.48. The lowest BCUT2D eigenvalue weighted by Crippen LogP contribution is -2.32.